The fourth-order valence-corrected chi connectivity index (χ4v) is 2.92. The Labute approximate surface area is 141 Å². The highest BCUT2D eigenvalue weighted by Gasteiger charge is 2.21. The van der Waals surface area contributed by atoms with Gasteiger partial charge in [-0.3, -0.25) is 0 Å². The quantitative estimate of drug-likeness (QED) is 0.782. The number of fused-ring (bicyclic) bond motifs is 1. The molecule has 1 unspecified atom stereocenters. The van der Waals surface area contributed by atoms with E-state index in [1.165, 1.54) is 5.56 Å². The third kappa shape index (κ3) is 3.03. The summed E-state index contributed by atoms with van der Waals surface area (Å²) < 4.78 is 1.80. The number of aromatic nitrogens is 2. The van der Waals surface area contributed by atoms with Gasteiger partial charge in [-0.25, -0.2) is 9.78 Å². The van der Waals surface area contributed by atoms with E-state index < -0.39 is 12.0 Å². The Kier molecular flexibility index (Phi) is 4.36. The van der Waals surface area contributed by atoms with Gasteiger partial charge in [0.15, 0.2) is 0 Å². The predicted molar refractivity (Wildman–Crippen MR) is 94.9 cm³/mol. The van der Waals surface area contributed by atoms with Gasteiger partial charge in [0.25, 0.3) is 0 Å². The molecular weight excluding hydrogens is 302 g/mol. The number of nitrogens with zero attached hydrogens (tertiary/aromatic N) is 3. The summed E-state index contributed by atoms with van der Waals surface area (Å²) in [5.74, 6) is -0.185. The minimum absolute atomic E-state index is 0.687. The Hall–Kier alpha value is -2.66. The highest BCUT2D eigenvalue weighted by Crippen LogP contribution is 2.29. The van der Waals surface area contributed by atoms with Crippen molar-refractivity contribution in [1.29, 1.82) is 0 Å². The number of rotatable bonds is 5. The van der Waals surface area contributed by atoms with Gasteiger partial charge in [0.1, 0.15) is 11.9 Å². The Morgan fingerprint density at radius 2 is 1.96 bits per heavy atom. The van der Waals surface area contributed by atoms with Crippen LogP contribution in [0.2, 0.25) is 0 Å². The molecule has 1 N–H and O–H groups in total. The molecule has 0 bridgehead atoms. The summed E-state index contributed by atoms with van der Waals surface area (Å²) in [6.45, 7) is 2.51. The van der Waals surface area contributed by atoms with Crippen molar-refractivity contribution in [2.45, 2.75) is 19.5 Å². The molecule has 0 spiro atoms. The van der Waals surface area contributed by atoms with Crippen LogP contribution in [-0.2, 0) is 11.3 Å². The molecule has 1 heterocycles. The first kappa shape index (κ1) is 16.2. The molecule has 1 atom stereocenters. The van der Waals surface area contributed by atoms with Crippen molar-refractivity contribution in [3.8, 4) is 11.4 Å². The van der Waals surface area contributed by atoms with Crippen LogP contribution in [0.15, 0.2) is 48.5 Å². The Balaban J connectivity index is 2.19. The molecule has 0 aliphatic rings. The lowest BCUT2D eigenvalue weighted by Crippen LogP contribution is -2.16. The van der Waals surface area contributed by atoms with Crippen molar-refractivity contribution < 1.29 is 9.90 Å². The zero-order valence-electron chi connectivity index (χ0n) is 14.1. The highest BCUT2D eigenvalue weighted by atomic mass is 16.4. The third-order valence-corrected chi connectivity index (χ3v) is 4.02. The molecule has 0 saturated heterocycles. The number of benzene rings is 2. The first-order valence-electron chi connectivity index (χ1n) is 7.91. The van der Waals surface area contributed by atoms with Crippen LogP contribution in [0.3, 0.4) is 0 Å². The third-order valence-electron chi connectivity index (χ3n) is 4.02. The van der Waals surface area contributed by atoms with Crippen molar-refractivity contribution in [3.63, 3.8) is 0 Å². The summed E-state index contributed by atoms with van der Waals surface area (Å²) >= 11 is 0. The predicted octanol–water partition coefficient (Wildman–Crippen LogP) is 3.41. The van der Waals surface area contributed by atoms with Gasteiger partial charge in [-0.2, -0.15) is 0 Å². The van der Waals surface area contributed by atoms with Crippen LogP contribution in [0.25, 0.3) is 22.4 Å². The molecule has 5 nitrogen and oxygen atoms in total. The molecule has 0 saturated carbocycles. The molecule has 5 heteroatoms. The van der Waals surface area contributed by atoms with Gasteiger partial charge in [-0.05, 0) is 44.8 Å². The first-order valence-corrected chi connectivity index (χ1v) is 7.91. The van der Waals surface area contributed by atoms with E-state index in [-0.39, 0.29) is 0 Å². The molecular formula is C19H21N3O2. The van der Waals surface area contributed by atoms with Gasteiger partial charge < -0.3 is 14.6 Å². The van der Waals surface area contributed by atoms with E-state index >= 15 is 0 Å². The fourth-order valence-electron chi connectivity index (χ4n) is 2.92. The maximum atomic E-state index is 11.6. The number of imidazole rings is 1. The van der Waals surface area contributed by atoms with E-state index in [0.717, 1.165) is 23.1 Å². The van der Waals surface area contributed by atoms with E-state index in [1.807, 2.05) is 50.5 Å². The number of para-hydroxylation sites is 2. The molecule has 3 aromatic rings. The Morgan fingerprint density at radius 1 is 1.21 bits per heavy atom. The van der Waals surface area contributed by atoms with E-state index in [0.29, 0.717) is 5.82 Å². The summed E-state index contributed by atoms with van der Waals surface area (Å²) in [5.41, 5.74) is 3.73. The van der Waals surface area contributed by atoms with E-state index in [1.54, 1.807) is 11.5 Å². The average Bonchev–Trinajstić information content (AvgIpc) is 2.93. The van der Waals surface area contributed by atoms with Crippen molar-refractivity contribution in [2.75, 3.05) is 14.1 Å². The summed E-state index contributed by atoms with van der Waals surface area (Å²) in [7, 11) is 4.04. The lowest BCUT2D eigenvalue weighted by atomic mass is 10.1. The van der Waals surface area contributed by atoms with Gasteiger partial charge in [0, 0.05) is 12.1 Å². The fraction of sp³-hybridized carbons (Fsp3) is 0.263. The van der Waals surface area contributed by atoms with Crippen LogP contribution >= 0.6 is 0 Å². The zero-order chi connectivity index (χ0) is 17.3. The molecule has 24 heavy (non-hydrogen) atoms. The molecule has 3 rings (SSSR count). The monoisotopic (exact) mass is 323 g/mol. The normalized spacial score (nSPS) is 12.7. The summed E-state index contributed by atoms with van der Waals surface area (Å²) in [4.78, 5) is 18.4. The summed E-state index contributed by atoms with van der Waals surface area (Å²) in [5, 5.41) is 9.50. The van der Waals surface area contributed by atoms with Gasteiger partial charge in [0.05, 0.1) is 11.0 Å². The van der Waals surface area contributed by atoms with Crippen LogP contribution in [0.4, 0.5) is 0 Å². The Bertz CT molecular complexity index is 883. The number of hydrogen-bond acceptors (Lipinski definition) is 3. The van der Waals surface area contributed by atoms with E-state index in [9.17, 15) is 9.90 Å². The first-order chi connectivity index (χ1) is 11.5. The molecule has 124 valence electrons. The van der Waals surface area contributed by atoms with Crippen molar-refractivity contribution in [3.05, 3.63) is 54.1 Å². The van der Waals surface area contributed by atoms with Crippen LogP contribution in [0.5, 0.6) is 0 Å². The topological polar surface area (TPSA) is 58.4 Å². The molecule has 0 amide bonds. The summed E-state index contributed by atoms with van der Waals surface area (Å²) in [6, 6.07) is 15.1. The molecule has 0 radical (unpaired) electrons. The van der Waals surface area contributed by atoms with Crippen molar-refractivity contribution in [1.82, 2.24) is 14.5 Å². The molecule has 0 fully saturated rings. The maximum absolute atomic E-state index is 11.6. The van der Waals surface area contributed by atoms with Crippen LogP contribution in [-0.4, -0.2) is 39.6 Å². The van der Waals surface area contributed by atoms with Gasteiger partial charge >= 0.3 is 5.97 Å². The number of aliphatic carboxylic acids is 1. The second-order valence-corrected chi connectivity index (χ2v) is 6.25. The minimum atomic E-state index is -0.871. The second-order valence-electron chi connectivity index (χ2n) is 6.25. The minimum Gasteiger partial charge on any atom is -0.480 e. The SMILES string of the molecule is CC(C(=O)O)n1c(-c2cccc(CN(C)C)c2)nc2ccccc21. The van der Waals surface area contributed by atoms with Crippen molar-refractivity contribution in [2.24, 2.45) is 0 Å². The largest absolute Gasteiger partial charge is 0.480 e. The number of carboxylic acid groups (broad SMARTS) is 1. The maximum Gasteiger partial charge on any atom is 0.326 e. The summed E-state index contributed by atoms with van der Waals surface area (Å²) in [6.07, 6.45) is 0. The molecule has 0 aliphatic carbocycles. The lowest BCUT2D eigenvalue weighted by Gasteiger charge is -2.15. The molecule has 1 aromatic heterocycles. The van der Waals surface area contributed by atoms with Crippen LogP contribution in [0, 0.1) is 0 Å². The Morgan fingerprint density at radius 3 is 2.67 bits per heavy atom. The molecule has 2 aromatic carbocycles. The second kappa shape index (κ2) is 6.45. The number of carboxylic acids is 1. The number of carbonyl (C=O) groups is 1. The van der Waals surface area contributed by atoms with Gasteiger partial charge in [-0.15, -0.1) is 0 Å². The standard InChI is InChI=1S/C19H21N3O2/c1-13(19(23)24)22-17-10-5-4-9-16(17)20-18(22)15-8-6-7-14(11-15)12-21(2)3/h4-11,13H,12H2,1-3H3,(H,23,24). The van der Waals surface area contributed by atoms with Crippen LogP contribution < -0.4 is 0 Å². The van der Waals surface area contributed by atoms with E-state index in [2.05, 4.69) is 17.0 Å². The van der Waals surface area contributed by atoms with Crippen LogP contribution in [0.1, 0.15) is 18.5 Å². The number of hydrogen-bond donors (Lipinski definition) is 1. The lowest BCUT2D eigenvalue weighted by molar-refractivity contribution is -0.140. The average molecular weight is 323 g/mol. The smallest absolute Gasteiger partial charge is 0.326 e. The molecule has 0 aliphatic heterocycles. The highest BCUT2D eigenvalue weighted by molar-refractivity contribution is 5.84. The van der Waals surface area contributed by atoms with Gasteiger partial charge in [0.2, 0.25) is 0 Å². The zero-order valence-corrected chi connectivity index (χ0v) is 14.1. The van der Waals surface area contributed by atoms with Gasteiger partial charge in [-0.1, -0.05) is 30.3 Å². The van der Waals surface area contributed by atoms with Crippen molar-refractivity contribution >= 4 is 17.0 Å². The van der Waals surface area contributed by atoms with E-state index in [4.69, 9.17) is 4.98 Å².